The molecular formula is C26H21BrClNO4S. The molecule has 2 amide bonds. The molecular weight excluding hydrogens is 538 g/mol. The van der Waals surface area contributed by atoms with E-state index >= 15 is 0 Å². The molecule has 0 bridgehead atoms. The number of carbonyl (C=O) groups is 2. The van der Waals surface area contributed by atoms with Crippen molar-refractivity contribution in [2.45, 2.75) is 13.5 Å². The van der Waals surface area contributed by atoms with Gasteiger partial charge in [0.15, 0.2) is 0 Å². The summed E-state index contributed by atoms with van der Waals surface area (Å²) in [6, 6.07) is 20.6. The van der Waals surface area contributed by atoms with Crippen molar-refractivity contribution in [3.63, 3.8) is 0 Å². The van der Waals surface area contributed by atoms with Crippen LogP contribution >= 0.6 is 39.3 Å². The van der Waals surface area contributed by atoms with Gasteiger partial charge in [-0.2, -0.15) is 0 Å². The Labute approximate surface area is 215 Å². The predicted molar refractivity (Wildman–Crippen MR) is 139 cm³/mol. The van der Waals surface area contributed by atoms with Gasteiger partial charge in [0.05, 0.1) is 15.9 Å². The average Bonchev–Trinajstić information content (AvgIpc) is 3.08. The molecule has 0 saturated carbocycles. The number of halogens is 2. The average molecular weight is 559 g/mol. The van der Waals surface area contributed by atoms with Crippen molar-refractivity contribution < 1.29 is 19.1 Å². The minimum Gasteiger partial charge on any atom is -0.492 e. The lowest BCUT2D eigenvalue weighted by Gasteiger charge is -2.13. The topological polar surface area (TPSA) is 55.8 Å². The van der Waals surface area contributed by atoms with Crippen molar-refractivity contribution in [2.75, 3.05) is 13.2 Å². The minimum atomic E-state index is -0.318. The molecule has 174 valence electrons. The van der Waals surface area contributed by atoms with E-state index in [9.17, 15) is 9.59 Å². The van der Waals surface area contributed by atoms with Gasteiger partial charge in [-0.1, -0.05) is 47.5 Å². The second-order valence-corrected chi connectivity index (χ2v) is 9.88. The summed E-state index contributed by atoms with van der Waals surface area (Å²) in [5.41, 5.74) is 2.92. The second kappa shape index (κ2) is 11.1. The van der Waals surface area contributed by atoms with E-state index in [2.05, 4.69) is 15.9 Å². The SMILES string of the molecule is Cc1ccc(OCCN2C(=O)S/C(=C\c3ccc(OCc4ccc(Cl)cc4)c(Br)c3)C2=O)cc1. The van der Waals surface area contributed by atoms with E-state index in [-0.39, 0.29) is 24.3 Å². The fourth-order valence-corrected chi connectivity index (χ4v) is 4.70. The highest BCUT2D eigenvalue weighted by molar-refractivity contribution is 9.10. The third kappa shape index (κ3) is 6.23. The Morgan fingerprint density at radius 2 is 1.74 bits per heavy atom. The van der Waals surface area contributed by atoms with E-state index in [1.54, 1.807) is 6.08 Å². The summed E-state index contributed by atoms with van der Waals surface area (Å²) in [4.78, 5) is 26.7. The summed E-state index contributed by atoms with van der Waals surface area (Å²) in [6.07, 6.45) is 1.71. The molecule has 0 radical (unpaired) electrons. The zero-order valence-corrected chi connectivity index (χ0v) is 21.5. The molecule has 3 aromatic rings. The van der Waals surface area contributed by atoms with Gasteiger partial charge in [0.1, 0.15) is 24.7 Å². The van der Waals surface area contributed by atoms with E-state index in [0.29, 0.717) is 28.0 Å². The predicted octanol–water partition coefficient (Wildman–Crippen LogP) is 7.11. The van der Waals surface area contributed by atoms with Gasteiger partial charge in [0.25, 0.3) is 11.1 Å². The number of nitrogens with zero attached hydrogens (tertiary/aromatic N) is 1. The molecule has 1 aliphatic rings. The first-order valence-electron chi connectivity index (χ1n) is 10.5. The normalized spacial score (nSPS) is 14.7. The zero-order valence-electron chi connectivity index (χ0n) is 18.3. The van der Waals surface area contributed by atoms with E-state index in [4.69, 9.17) is 21.1 Å². The fourth-order valence-electron chi connectivity index (χ4n) is 3.20. The maximum absolute atomic E-state index is 12.8. The molecule has 1 heterocycles. The number of imide groups is 1. The smallest absolute Gasteiger partial charge is 0.293 e. The van der Waals surface area contributed by atoms with Crippen molar-refractivity contribution in [3.05, 3.63) is 97.8 Å². The van der Waals surface area contributed by atoms with Crippen LogP contribution in [0.25, 0.3) is 6.08 Å². The molecule has 0 N–H and O–H groups in total. The van der Waals surface area contributed by atoms with Crippen LogP contribution in [-0.2, 0) is 11.4 Å². The molecule has 0 spiro atoms. The Morgan fingerprint density at radius 3 is 2.44 bits per heavy atom. The Hall–Kier alpha value is -2.74. The van der Waals surface area contributed by atoms with Gasteiger partial charge in [-0.3, -0.25) is 14.5 Å². The van der Waals surface area contributed by atoms with E-state index in [1.165, 1.54) is 4.90 Å². The summed E-state index contributed by atoms with van der Waals surface area (Å²) in [5, 5.41) is 0.378. The maximum Gasteiger partial charge on any atom is 0.293 e. The van der Waals surface area contributed by atoms with Crippen LogP contribution in [0.1, 0.15) is 16.7 Å². The second-order valence-electron chi connectivity index (χ2n) is 7.60. The van der Waals surface area contributed by atoms with Gasteiger partial charge >= 0.3 is 0 Å². The van der Waals surface area contributed by atoms with Crippen LogP contribution < -0.4 is 9.47 Å². The lowest BCUT2D eigenvalue weighted by molar-refractivity contribution is -0.123. The quantitative estimate of drug-likeness (QED) is 0.276. The van der Waals surface area contributed by atoms with Crippen LogP contribution in [0.5, 0.6) is 11.5 Å². The number of amides is 2. The Morgan fingerprint density at radius 1 is 1.00 bits per heavy atom. The number of aryl methyl sites for hydroxylation is 1. The first-order valence-corrected chi connectivity index (χ1v) is 12.5. The van der Waals surface area contributed by atoms with Crippen LogP contribution in [0.4, 0.5) is 4.79 Å². The molecule has 0 atom stereocenters. The summed E-state index contributed by atoms with van der Waals surface area (Å²) in [7, 11) is 0. The van der Waals surface area contributed by atoms with Crippen LogP contribution in [0, 0.1) is 6.92 Å². The molecule has 0 unspecified atom stereocenters. The van der Waals surface area contributed by atoms with Gasteiger partial charge in [-0.25, -0.2) is 0 Å². The van der Waals surface area contributed by atoms with E-state index < -0.39 is 0 Å². The lowest BCUT2D eigenvalue weighted by Crippen LogP contribution is -2.32. The number of ether oxygens (including phenoxy) is 2. The monoisotopic (exact) mass is 557 g/mol. The third-order valence-corrected chi connectivity index (χ3v) is 6.82. The zero-order chi connectivity index (χ0) is 24.1. The molecule has 5 nitrogen and oxygen atoms in total. The summed E-state index contributed by atoms with van der Waals surface area (Å²) >= 11 is 10.4. The van der Waals surface area contributed by atoms with Crippen LogP contribution in [-0.4, -0.2) is 29.2 Å². The molecule has 4 rings (SSSR count). The molecule has 1 saturated heterocycles. The molecule has 34 heavy (non-hydrogen) atoms. The number of hydrogen-bond donors (Lipinski definition) is 0. The van der Waals surface area contributed by atoms with Crippen molar-refractivity contribution in [1.82, 2.24) is 4.90 Å². The van der Waals surface area contributed by atoms with Gasteiger partial charge in [-0.15, -0.1) is 0 Å². The number of carbonyl (C=O) groups excluding carboxylic acids is 2. The standard InChI is InChI=1S/C26H21BrClNO4S/c1-17-2-9-21(10-3-17)32-13-12-29-25(30)24(34-26(29)31)15-19-6-11-23(22(27)14-19)33-16-18-4-7-20(28)8-5-18/h2-11,14-15H,12-13,16H2,1H3/b24-15-. The highest BCUT2D eigenvalue weighted by Crippen LogP contribution is 2.34. The van der Waals surface area contributed by atoms with Crippen molar-refractivity contribution >= 4 is 56.5 Å². The van der Waals surface area contributed by atoms with Gasteiger partial charge in [0, 0.05) is 5.02 Å². The minimum absolute atomic E-state index is 0.192. The fraction of sp³-hybridized carbons (Fsp3) is 0.154. The Kier molecular flexibility index (Phi) is 7.98. The summed E-state index contributed by atoms with van der Waals surface area (Å²) in [6.45, 7) is 2.83. The number of benzene rings is 3. The van der Waals surface area contributed by atoms with Gasteiger partial charge < -0.3 is 9.47 Å². The van der Waals surface area contributed by atoms with Crippen molar-refractivity contribution in [2.24, 2.45) is 0 Å². The number of hydrogen-bond acceptors (Lipinski definition) is 5. The molecule has 1 aliphatic heterocycles. The third-order valence-electron chi connectivity index (χ3n) is 5.04. The molecule has 0 aromatic heterocycles. The lowest BCUT2D eigenvalue weighted by atomic mass is 10.2. The first-order chi connectivity index (χ1) is 16.4. The number of thioether (sulfide) groups is 1. The van der Waals surface area contributed by atoms with Crippen LogP contribution in [0.3, 0.4) is 0 Å². The Bertz CT molecular complexity index is 1230. The molecule has 0 aliphatic carbocycles. The molecule has 1 fully saturated rings. The van der Waals surface area contributed by atoms with E-state index in [0.717, 1.165) is 32.9 Å². The van der Waals surface area contributed by atoms with Crippen LogP contribution in [0.2, 0.25) is 5.02 Å². The van der Waals surface area contributed by atoms with Gasteiger partial charge in [-0.05, 0) is 88.2 Å². The molecule has 8 heteroatoms. The van der Waals surface area contributed by atoms with Crippen molar-refractivity contribution in [3.8, 4) is 11.5 Å². The Balaban J connectivity index is 1.35. The van der Waals surface area contributed by atoms with E-state index in [1.807, 2.05) is 73.7 Å². The van der Waals surface area contributed by atoms with Gasteiger partial charge in [0.2, 0.25) is 0 Å². The molecule has 3 aromatic carbocycles. The number of rotatable bonds is 8. The summed E-state index contributed by atoms with van der Waals surface area (Å²) < 4.78 is 12.3. The highest BCUT2D eigenvalue weighted by atomic mass is 79.9. The van der Waals surface area contributed by atoms with Crippen molar-refractivity contribution in [1.29, 1.82) is 0 Å². The van der Waals surface area contributed by atoms with Crippen LogP contribution in [0.15, 0.2) is 76.1 Å². The first kappa shape index (κ1) is 24.4. The largest absolute Gasteiger partial charge is 0.492 e. The summed E-state index contributed by atoms with van der Waals surface area (Å²) in [5.74, 6) is 1.06. The highest BCUT2D eigenvalue weighted by Gasteiger charge is 2.34. The maximum atomic E-state index is 12.8.